The first-order chi connectivity index (χ1) is 11.0. The zero-order chi connectivity index (χ0) is 16.8. The lowest BCUT2D eigenvalue weighted by Gasteiger charge is -2.23. The molecule has 0 spiro atoms. The van der Waals surface area contributed by atoms with Gasteiger partial charge in [0.15, 0.2) is 5.37 Å². The predicted octanol–water partition coefficient (Wildman–Crippen LogP) is 2.31. The first-order valence-electron chi connectivity index (χ1n) is 7.22. The van der Waals surface area contributed by atoms with Gasteiger partial charge in [0.05, 0.1) is 0 Å². The van der Waals surface area contributed by atoms with Gasteiger partial charge >= 0.3 is 0 Å². The summed E-state index contributed by atoms with van der Waals surface area (Å²) in [5.41, 5.74) is 2.26. The Morgan fingerprint density at radius 2 is 1.96 bits per heavy atom. The van der Waals surface area contributed by atoms with Crippen LogP contribution in [0.1, 0.15) is 19.4 Å². The highest BCUT2D eigenvalue weighted by atomic mass is 32.2. The molecule has 1 saturated heterocycles. The minimum Gasteiger partial charge on any atom is -0.490 e. The average molecular weight is 332 g/mol. The van der Waals surface area contributed by atoms with Gasteiger partial charge in [0.1, 0.15) is 18.1 Å². The van der Waals surface area contributed by atoms with E-state index in [-0.39, 0.29) is 17.5 Å². The van der Waals surface area contributed by atoms with E-state index in [1.165, 1.54) is 17.3 Å². The first kappa shape index (κ1) is 17.1. The third kappa shape index (κ3) is 4.89. The molecule has 1 aliphatic rings. The summed E-state index contributed by atoms with van der Waals surface area (Å²) < 4.78 is 5.58. The molecule has 1 atom stereocenters. The van der Waals surface area contributed by atoms with Crippen LogP contribution in [0.4, 0.5) is 0 Å². The number of ether oxygens (including phenoxy) is 1. The lowest BCUT2D eigenvalue weighted by Crippen LogP contribution is -2.52. The van der Waals surface area contributed by atoms with Gasteiger partial charge in [-0.1, -0.05) is 17.7 Å². The molecular formula is C17H20N2O3S. The van der Waals surface area contributed by atoms with Crippen molar-refractivity contribution in [1.29, 1.82) is 0 Å². The van der Waals surface area contributed by atoms with Gasteiger partial charge < -0.3 is 15.4 Å². The first-order valence-corrected chi connectivity index (χ1v) is 8.51. The Morgan fingerprint density at radius 3 is 2.57 bits per heavy atom. The summed E-state index contributed by atoms with van der Waals surface area (Å²) >= 11 is 1.28. The number of hydrogen-bond acceptors (Lipinski definition) is 4. The van der Waals surface area contributed by atoms with Crippen molar-refractivity contribution in [2.45, 2.75) is 19.2 Å². The van der Waals surface area contributed by atoms with Crippen LogP contribution in [0.3, 0.4) is 0 Å². The zero-order valence-electron chi connectivity index (χ0n) is 13.4. The molecule has 2 amide bonds. The quantitative estimate of drug-likeness (QED) is 0.641. The lowest BCUT2D eigenvalue weighted by molar-refractivity contribution is -0.128. The van der Waals surface area contributed by atoms with Crippen LogP contribution < -0.4 is 15.4 Å². The Kier molecular flexibility index (Phi) is 5.87. The molecule has 1 aromatic carbocycles. The summed E-state index contributed by atoms with van der Waals surface area (Å²) in [6.45, 7) is 4.56. The van der Waals surface area contributed by atoms with E-state index in [2.05, 4.69) is 10.6 Å². The Bertz CT molecular complexity index is 646. The van der Waals surface area contributed by atoms with Gasteiger partial charge in [-0.2, -0.15) is 0 Å². The summed E-state index contributed by atoms with van der Waals surface area (Å²) in [5, 5.41) is 4.74. The maximum Gasteiger partial charge on any atom is 0.269 e. The van der Waals surface area contributed by atoms with Gasteiger partial charge in [0, 0.05) is 0 Å². The van der Waals surface area contributed by atoms with Gasteiger partial charge in [0.2, 0.25) is 0 Å². The number of amides is 2. The number of nitrogens with one attached hydrogen (secondary N) is 2. The third-order valence-corrected chi connectivity index (χ3v) is 3.97. The smallest absolute Gasteiger partial charge is 0.269 e. The van der Waals surface area contributed by atoms with Crippen LogP contribution >= 0.6 is 11.8 Å². The summed E-state index contributed by atoms with van der Waals surface area (Å²) in [4.78, 5) is 23.7. The summed E-state index contributed by atoms with van der Waals surface area (Å²) in [6, 6.07) is 7.34. The molecule has 0 bridgehead atoms. The fraction of sp³-hybridized carbons (Fsp3) is 0.294. The highest BCUT2D eigenvalue weighted by Gasteiger charge is 2.28. The van der Waals surface area contributed by atoms with E-state index in [0.717, 1.165) is 11.3 Å². The molecule has 0 aliphatic carbocycles. The van der Waals surface area contributed by atoms with Crippen molar-refractivity contribution in [3.05, 3.63) is 47.2 Å². The van der Waals surface area contributed by atoms with Crippen molar-refractivity contribution in [1.82, 2.24) is 10.6 Å². The summed E-state index contributed by atoms with van der Waals surface area (Å²) in [7, 11) is 0. The number of hydrogen-bond donors (Lipinski definition) is 2. The van der Waals surface area contributed by atoms with Crippen molar-refractivity contribution >= 4 is 29.7 Å². The lowest BCUT2D eigenvalue weighted by atomic mass is 10.1. The van der Waals surface area contributed by atoms with Crippen LogP contribution in [-0.2, 0) is 9.59 Å². The van der Waals surface area contributed by atoms with Crippen molar-refractivity contribution in [2.75, 3.05) is 12.9 Å². The number of thioether (sulfide) groups is 1. The normalized spacial score (nSPS) is 19.1. The number of carbonyl (C=O) groups is 2. The Morgan fingerprint density at radius 1 is 1.26 bits per heavy atom. The molecule has 0 saturated carbocycles. The fourth-order valence-electron chi connectivity index (χ4n) is 1.92. The van der Waals surface area contributed by atoms with Crippen LogP contribution in [0.2, 0.25) is 0 Å². The minimum absolute atomic E-state index is 0.218. The highest BCUT2D eigenvalue weighted by molar-refractivity contribution is 7.99. The van der Waals surface area contributed by atoms with Crippen molar-refractivity contribution < 1.29 is 14.3 Å². The molecule has 2 N–H and O–H groups in total. The van der Waals surface area contributed by atoms with Gasteiger partial charge in [-0.25, -0.2) is 0 Å². The minimum atomic E-state index is -0.537. The molecule has 23 heavy (non-hydrogen) atoms. The van der Waals surface area contributed by atoms with Crippen molar-refractivity contribution in [3.63, 3.8) is 0 Å². The maximum atomic E-state index is 11.9. The summed E-state index contributed by atoms with van der Waals surface area (Å²) in [5.74, 6) is 0.252. The van der Waals surface area contributed by atoms with Crippen LogP contribution in [0.15, 0.2) is 41.6 Å². The Hall–Kier alpha value is -2.21. The van der Waals surface area contributed by atoms with E-state index < -0.39 is 5.37 Å². The molecule has 1 aliphatic heterocycles. The molecule has 1 heterocycles. The van der Waals surface area contributed by atoms with Gasteiger partial charge in [-0.15, -0.1) is 11.8 Å². The van der Waals surface area contributed by atoms with Gasteiger partial charge in [-0.05, 0) is 50.0 Å². The Labute approximate surface area is 140 Å². The second-order valence-corrected chi connectivity index (χ2v) is 6.24. The van der Waals surface area contributed by atoms with Crippen LogP contribution in [0, 0.1) is 0 Å². The molecule has 5 nitrogen and oxygen atoms in total. The predicted molar refractivity (Wildman–Crippen MR) is 92.9 cm³/mol. The number of carbonyl (C=O) groups excluding carboxylic acids is 2. The van der Waals surface area contributed by atoms with Crippen molar-refractivity contribution in [3.8, 4) is 5.75 Å². The summed E-state index contributed by atoms with van der Waals surface area (Å²) in [6.07, 6.45) is 5.41. The topological polar surface area (TPSA) is 67.4 Å². The van der Waals surface area contributed by atoms with Crippen LogP contribution in [0.25, 0.3) is 6.08 Å². The van der Waals surface area contributed by atoms with E-state index >= 15 is 0 Å². The molecule has 1 aromatic rings. The van der Waals surface area contributed by atoms with Crippen molar-refractivity contribution in [2.24, 2.45) is 0 Å². The second kappa shape index (κ2) is 7.87. The second-order valence-electron chi connectivity index (χ2n) is 5.30. The molecular weight excluding hydrogens is 312 g/mol. The SMILES string of the molecule is CSC1NC(=O)C(=Cc2ccc(OCC=C(C)C)cc2)NC1=O. The average Bonchev–Trinajstić information content (AvgIpc) is 2.52. The molecule has 0 radical (unpaired) electrons. The molecule has 6 heteroatoms. The van der Waals surface area contributed by atoms with E-state index in [0.29, 0.717) is 6.61 Å². The zero-order valence-corrected chi connectivity index (χ0v) is 14.2. The highest BCUT2D eigenvalue weighted by Crippen LogP contribution is 2.16. The van der Waals surface area contributed by atoms with E-state index in [4.69, 9.17) is 4.74 Å². The van der Waals surface area contributed by atoms with Crippen LogP contribution in [-0.4, -0.2) is 30.1 Å². The molecule has 122 valence electrons. The van der Waals surface area contributed by atoms with E-state index in [9.17, 15) is 9.59 Å². The molecule has 0 aromatic heterocycles. The largest absolute Gasteiger partial charge is 0.490 e. The van der Waals surface area contributed by atoms with Gasteiger partial charge in [0.25, 0.3) is 11.8 Å². The molecule has 1 fully saturated rings. The number of allylic oxidation sites excluding steroid dienone is 1. The molecule has 1 unspecified atom stereocenters. The fourth-order valence-corrected chi connectivity index (χ4v) is 2.41. The number of benzene rings is 1. The maximum absolute atomic E-state index is 11.9. The van der Waals surface area contributed by atoms with E-state index in [1.54, 1.807) is 12.3 Å². The monoisotopic (exact) mass is 332 g/mol. The standard InChI is InChI=1S/C17H20N2O3S/c1-11(2)8-9-22-13-6-4-12(5-7-13)10-14-15(20)19-17(23-3)16(21)18-14/h4-8,10,17H,9H2,1-3H3,(H,18,21)(H,19,20). The third-order valence-electron chi connectivity index (χ3n) is 3.17. The Balaban J connectivity index is 2.03. The van der Waals surface area contributed by atoms with E-state index in [1.807, 2.05) is 44.2 Å². The number of rotatable bonds is 5. The number of piperazine rings is 1. The van der Waals surface area contributed by atoms with Gasteiger partial charge in [-0.3, -0.25) is 9.59 Å². The van der Waals surface area contributed by atoms with Crippen LogP contribution in [0.5, 0.6) is 5.75 Å². The molecule has 2 rings (SSSR count).